The van der Waals surface area contributed by atoms with Crippen LogP contribution in [-0.4, -0.2) is 32.1 Å². The van der Waals surface area contributed by atoms with E-state index in [2.05, 4.69) is 22.6 Å². The van der Waals surface area contributed by atoms with Gasteiger partial charge in [0, 0.05) is 12.0 Å². The van der Waals surface area contributed by atoms with Crippen LogP contribution >= 0.6 is 22.6 Å². The van der Waals surface area contributed by atoms with Gasteiger partial charge in [-0.25, -0.2) is 0 Å². The summed E-state index contributed by atoms with van der Waals surface area (Å²) in [6.45, 7) is 5.81. The Morgan fingerprint density at radius 3 is 2.12 bits per heavy atom. The quantitative estimate of drug-likeness (QED) is 0.100. The molecule has 0 heterocycles. The van der Waals surface area contributed by atoms with Crippen molar-refractivity contribution in [3.8, 4) is 28.4 Å². The molecule has 32 heavy (non-hydrogen) atoms. The van der Waals surface area contributed by atoms with Crippen molar-refractivity contribution in [3.05, 3.63) is 36.4 Å². The summed E-state index contributed by atoms with van der Waals surface area (Å²) in [6, 6.07) is 9.95. The zero-order chi connectivity index (χ0) is 24.3. The number of halogens is 1. The first-order valence-electron chi connectivity index (χ1n) is 11.2. The lowest BCUT2D eigenvalue weighted by atomic mass is 9.83. The van der Waals surface area contributed by atoms with Crippen LogP contribution in [0.3, 0.4) is 0 Å². The van der Waals surface area contributed by atoms with Gasteiger partial charge in [-0.15, -0.1) is 0 Å². The zero-order valence-corrected chi connectivity index (χ0v) is 21.8. The van der Waals surface area contributed by atoms with Crippen LogP contribution < -0.4 is 16.2 Å². The van der Waals surface area contributed by atoms with E-state index in [1.807, 2.05) is 25.7 Å². The van der Waals surface area contributed by atoms with Crippen LogP contribution in [0.1, 0.15) is 59.3 Å². The molecular weight excluding hydrogens is 519 g/mol. The normalized spacial score (nSPS) is 19.5. The summed E-state index contributed by atoms with van der Waals surface area (Å²) in [6.07, 6.45) is 5.17. The van der Waals surface area contributed by atoms with Crippen LogP contribution in [-0.2, 0) is 0 Å². The highest BCUT2D eigenvalue weighted by Gasteiger charge is 2.26. The van der Waals surface area contributed by atoms with Crippen molar-refractivity contribution < 1.29 is 20.1 Å². The van der Waals surface area contributed by atoms with Gasteiger partial charge in [0.1, 0.15) is 22.9 Å². The topological polar surface area (TPSA) is 122 Å². The summed E-state index contributed by atoms with van der Waals surface area (Å²) in [5.74, 6) is 0.990. The lowest BCUT2D eigenvalue weighted by molar-refractivity contribution is 0.0654. The number of aliphatic hydroxyl groups is 1. The maximum Gasteiger partial charge on any atom is 0.155 e. The number of benzene rings is 2. The highest BCUT2D eigenvalue weighted by molar-refractivity contribution is 14.1. The fourth-order valence-electron chi connectivity index (χ4n) is 3.78. The number of hydrogen-bond acceptors (Lipinski definition) is 6. The molecule has 0 aromatic heterocycles. The van der Waals surface area contributed by atoms with Gasteiger partial charge in [0.2, 0.25) is 0 Å². The van der Waals surface area contributed by atoms with E-state index in [1.165, 1.54) is 0 Å². The molecule has 3 rings (SSSR count). The third kappa shape index (κ3) is 8.33. The predicted octanol–water partition coefficient (Wildman–Crippen LogP) is 5.81. The van der Waals surface area contributed by atoms with Crippen LogP contribution in [0, 0.1) is 5.92 Å². The third-order valence-corrected chi connectivity index (χ3v) is 5.56. The molecule has 1 saturated carbocycles. The van der Waals surface area contributed by atoms with E-state index in [4.69, 9.17) is 16.2 Å². The van der Waals surface area contributed by atoms with E-state index in [-0.39, 0.29) is 23.3 Å². The Labute approximate surface area is 206 Å². The number of rotatable bonds is 6. The Morgan fingerprint density at radius 2 is 1.56 bits per heavy atom. The Hall–Kier alpha value is -1.71. The van der Waals surface area contributed by atoms with Gasteiger partial charge >= 0.3 is 0 Å². The minimum Gasteiger partial charge on any atom is -0.508 e. The Bertz CT molecular complexity index is 804. The summed E-state index contributed by atoms with van der Waals surface area (Å²) in [5.41, 5.74) is 13.0. The van der Waals surface area contributed by atoms with Gasteiger partial charge in [0.25, 0.3) is 0 Å². The monoisotopic (exact) mass is 558 g/mol. The number of alkyl halides is 1. The number of phenolic OH excluding ortho intramolecular Hbond substituents is 2. The average Bonchev–Trinajstić information content (AvgIpc) is 2.80. The molecule has 0 amide bonds. The van der Waals surface area contributed by atoms with E-state index >= 15 is 0 Å². The van der Waals surface area contributed by atoms with Crippen LogP contribution in [0.25, 0.3) is 11.1 Å². The van der Waals surface area contributed by atoms with Crippen molar-refractivity contribution in [1.29, 1.82) is 0 Å². The molecule has 0 aliphatic heterocycles. The van der Waals surface area contributed by atoms with E-state index < -0.39 is 5.72 Å². The largest absolute Gasteiger partial charge is 0.508 e. The number of nitrogen functional groups attached to an aromatic ring is 1. The van der Waals surface area contributed by atoms with Crippen LogP contribution in [0.5, 0.6) is 17.2 Å². The molecule has 0 saturated heterocycles. The number of aliphatic hydroxyl groups excluding tert-OH is 1. The van der Waals surface area contributed by atoms with Gasteiger partial charge in [0.05, 0.1) is 6.10 Å². The number of aromatic hydroxyl groups is 2. The second kappa shape index (κ2) is 13.7. The van der Waals surface area contributed by atoms with Crippen LogP contribution in [0.4, 0.5) is 5.69 Å². The standard InChI is InChI=1S/C22H30N2O4.C2H6.CH3I/c1-22(24,13-12-14-2-6-16(25)7-3-14)28-19-11-10-18(21(27)20(19)23)15-4-8-17(26)9-5-15;2*1-2/h4-5,8-11,14,16,25-27H,2-3,6-7,12-13,23-24H2,1H3;1-2H3;1H3. The van der Waals surface area contributed by atoms with E-state index in [1.54, 1.807) is 36.4 Å². The van der Waals surface area contributed by atoms with Gasteiger partial charge in [-0.3, -0.25) is 5.73 Å². The first kappa shape index (κ1) is 28.3. The molecule has 7 N–H and O–H groups in total. The molecule has 2 aromatic rings. The average molecular weight is 559 g/mol. The molecular formula is C25H39IN2O4. The molecule has 7 heteroatoms. The Morgan fingerprint density at radius 1 is 1.00 bits per heavy atom. The minimum absolute atomic E-state index is 0.0692. The van der Waals surface area contributed by atoms with E-state index in [0.717, 1.165) is 37.7 Å². The van der Waals surface area contributed by atoms with Gasteiger partial charge < -0.3 is 25.8 Å². The second-order valence-corrected chi connectivity index (χ2v) is 8.05. The van der Waals surface area contributed by atoms with Crippen molar-refractivity contribution in [3.63, 3.8) is 0 Å². The number of anilines is 1. The molecule has 0 radical (unpaired) electrons. The number of nitrogens with two attached hydrogens (primary N) is 2. The molecule has 180 valence electrons. The van der Waals surface area contributed by atoms with E-state index in [9.17, 15) is 15.3 Å². The first-order valence-corrected chi connectivity index (χ1v) is 13.4. The SMILES string of the molecule is CC.CC(N)(CCC1CCC(O)CC1)Oc1ccc(-c2ccc(O)cc2)c(O)c1N.CI. The fourth-order valence-corrected chi connectivity index (χ4v) is 3.78. The maximum atomic E-state index is 10.5. The maximum absolute atomic E-state index is 10.5. The van der Waals surface area contributed by atoms with Crippen molar-refractivity contribution in [2.45, 2.75) is 71.1 Å². The smallest absolute Gasteiger partial charge is 0.155 e. The molecule has 1 unspecified atom stereocenters. The predicted molar refractivity (Wildman–Crippen MR) is 141 cm³/mol. The summed E-state index contributed by atoms with van der Waals surface area (Å²) in [5, 5.41) is 29.6. The molecule has 1 fully saturated rings. The summed E-state index contributed by atoms with van der Waals surface area (Å²) < 4.78 is 5.94. The lowest BCUT2D eigenvalue weighted by Crippen LogP contribution is -2.43. The third-order valence-electron chi connectivity index (χ3n) is 5.56. The highest BCUT2D eigenvalue weighted by Crippen LogP contribution is 2.41. The molecule has 1 atom stereocenters. The van der Waals surface area contributed by atoms with Gasteiger partial charge in [-0.1, -0.05) is 48.6 Å². The van der Waals surface area contributed by atoms with Crippen LogP contribution in [0.2, 0.25) is 0 Å². The zero-order valence-electron chi connectivity index (χ0n) is 19.6. The highest BCUT2D eigenvalue weighted by atomic mass is 127. The van der Waals surface area contributed by atoms with Gasteiger partial charge in [-0.05, 0) is 79.7 Å². The number of ether oxygens (including phenoxy) is 1. The summed E-state index contributed by atoms with van der Waals surface area (Å²) in [7, 11) is 0. The minimum atomic E-state index is -0.906. The van der Waals surface area contributed by atoms with Crippen molar-refractivity contribution in [2.75, 3.05) is 10.7 Å². The van der Waals surface area contributed by atoms with Gasteiger partial charge in [0.15, 0.2) is 5.72 Å². The molecule has 1 aliphatic carbocycles. The molecule has 1 aliphatic rings. The molecule has 0 bridgehead atoms. The summed E-state index contributed by atoms with van der Waals surface area (Å²) >= 11 is 2.15. The molecule has 0 spiro atoms. The molecule has 6 nitrogen and oxygen atoms in total. The number of hydrogen-bond donors (Lipinski definition) is 5. The molecule has 2 aromatic carbocycles. The second-order valence-electron chi connectivity index (χ2n) is 8.05. The van der Waals surface area contributed by atoms with Crippen molar-refractivity contribution >= 4 is 28.3 Å². The van der Waals surface area contributed by atoms with Gasteiger partial charge in [-0.2, -0.15) is 0 Å². The lowest BCUT2D eigenvalue weighted by Gasteiger charge is -2.31. The Kier molecular flexibility index (Phi) is 12.2. The van der Waals surface area contributed by atoms with Crippen molar-refractivity contribution in [1.82, 2.24) is 0 Å². The van der Waals surface area contributed by atoms with E-state index in [0.29, 0.717) is 23.7 Å². The Balaban J connectivity index is 0.00000121. The fraction of sp³-hybridized carbons (Fsp3) is 0.520. The van der Waals surface area contributed by atoms with Crippen molar-refractivity contribution in [2.24, 2.45) is 11.7 Å². The number of phenols is 2. The summed E-state index contributed by atoms with van der Waals surface area (Å²) in [4.78, 5) is 1.97. The van der Waals surface area contributed by atoms with Crippen LogP contribution in [0.15, 0.2) is 36.4 Å². The first-order chi connectivity index (χ1) is 15.2.